The second-order valence-electron chi connectivity index (χ2n) is 7.25. The van der Waals surface area contributed by atoms with E-state index in [4.69, 9.17) is 0 Å². The molecule has 1 aliphatic heterocycles. The number of anilines is 1. The summed E-state index contributed by atoms with van der Waals surface area (Å²) in [6, 6.07) is 21.5. The minimum atomic E-state index is -0.0202. The molecule has 4 nitrogen and oxygen atoms in total. The maximum absolute atomic E-state index is 13.4. The molecule has 0 saturated heterocycles. The number of benzene rings is 2. The monoisotopic (exact) mass is 372 g/mol. The van der Waals surface area contributed by atoms with Crippen LogP contribution in [0.4, 0.5) is 5.69 Å². The number of aryl methyl sites for hydroxylation is 2. The molecule has 4 rings (SSSR count). The lowest BCUT2D eigenvalue weighted by molar-refractivity contribution is 0.0987. The smallest absolute Gasteiger partial charge is 0.260 e. The van der Waals surface area contributed by atoms with Crippen LogP contribution in [-0.2, 0) is 19.4 Å². The van der Waals surface area contributed by atoms with Crippen molar-refractivity contribution in [3.8, 4) is 0 Å². The van der Waals surface area contributed by atoms with Crippen molar-refractivity contribution in [1.29, 1.82) is 0 Å². The molecule has 1 aromatic heterocycles. The molecule has 0 spiro atoms. The van der Waals surface area contributed by atoms with Crippen LogP contribution >= 0.6 is 0 Å². The van der Waals surface area contributed by atoms with Gasteiger partial charge in [0.15, 0.2) is 0 Å². The van der Waals surface area contributed by atoms with Gasteiger partial charge in [-0.15, -0.1) is 0 Å². The molecule has 0 atom stereocenters. The van der Waals surface area contributed by atoms with Gasteiger partial charge in [0.1, 0.15) is 0 Å². The normalized spacial score (nSPS) is 13.9. The van der Waals surface area contributed by atoms with Gasteiger partial charge in [-0.25, -0.2) is 0 Å². The predicted molar refractivity (Wildman–Crippen MR) is 112 cm³/mol. The summed E-state index contributed by atoms with van der Waals surface area (Å²) < 4.78 is 1.75. The molecular weight excluding hydrogens is 348 g/mol. The number of carbonyl (C=O) groups is 1. The SMILES string of the molecule is Cc1c2c(cc(=O)n1CCc1ccccc1)CCCN(c1ccccc1)C2=O. The van der Waals surface area contributed by atoms with Crippen LogP contribution in [0.3, 0.4) is 0 Å². The van der Waals surface area contributed by atoms with Crippen molar-refractivity contribution in [1.82, 2.24) is 4.57 Å². The van der Waals surface area contributed by atoms with Crippen molar-refractivity contribution in [2.24, 2.45) is 0 Å². The second kappa shape index (κ2) is 7.85. The summed E-state index contributed by atoms with van der Waals surface area (Å²) in [6.07, 6.45) is 2.36. The van der Waals surface area contributed by atoms with E-state index in [0.29, 0.717) is 18.7 Å². The standard InChI is InChI=1S/C24H24N2O2/c1-18-23-20(11-8-15-26(24(23)28)21-12-6-3-7-13-21)17-22(27)25(18)16-14-19-9-4-2-5-10-19/h2-7,9-10,12-13,17H,8,11,14-16H2,1H3. The van der Waals surface area contributed by atoms with Crippen LogP contribution in [0.5, 0.6) is 0 Å². The van der Waals surface area contributed by atoms with E-state index in [1.807, 2.05) is 60.4 Å². The fourth-order valence-corrected chi connectivity index (χ4v) is 4.00. The molecule has 0 fully saturated rings. The Morgan fingerprint density at radius 3 is 2.32 bits per heavy atom. The Balaban J connectivity index is 1.71. The molecule has 0 radical (unpaired) electrons. The maximum atomic E-state index is 13.4. The van der Waals surface area contributed by atoms with Crippen LogP contribution in [0.25, 0.3) is 0 Å². The highest BCUT2D eigenvalue weighted by Crippen LogP contribution is 2.25. The van der Waals surface area contributed by atoms with Gasteiger partial charge >= 0.3 is 0 Å². The number of carbonyl (C=O) groups excluding carboxylic acids is 1. The molecule has 0 bridgehead atoms. The summed E-state index contributed by atoms with van der Waals surface area (Å²) in [7, 11) is 0. The number of rotatable bonds is 4. The first-order chi connectivity index (χ1) is 13.6. The van der Waals surface area contributed by atoms with E-state index >= 15 is 0 Å². The summed E-state index contributed by atoms with van der Waals surface area (Å²) in [6.45, 7) is 3.13. The van der Waals surface area contributed by atoms with Crippen molar-refractivity contribution >= 4 is 11.6 Å². The highest BCUT2D eigenvalue weighted by atomic mass is 16.2. The van der Waals surface area contributed by atoms with Crippen molar-refractivity contribution in [2.75, 3.05) is 11.4 Å². The molecule has 2 heterocycles. The molecule has 1 amide bonds. The number of pyridine rings is 1. The molecule has 0 N–H and O–H groups in total. The Kier molecular flexibility index (Phi) is 5.11. The highest BCUT2D eigenvalue weighted by Gasteiger charge is 2.27. The molecule has 0 saturated carbocycles. The lowest BCUT2D eigenvalue weighted by Crippen LogP contribution is -2.33. The number of hydrogen-bond acceptors (Lipinski definition) is 2. The third-order valence-electron chi connectivity index (χ3n) is 5.47. The predicted octanol–water partition coefficient (Wildman–Crippen LogP) is 3.99. The largest absolute Gasteiger partial charge is 0.312 e. The zero-order valence-corrected chi connectivity index (χ0v) is 16.1. The molecular formula is C24H24N2O2. The summed E-state index contributed by atoms with van der Waals surface area (Å²) in [5, 5.41) is 0. The van der Waals surface area contributed by atoms with Gasteiger partial charge in [-0.3, -0.25) is 9.59 Å². The van der Waals surface area contributed by atoms with E-state index in [9.17, 15) is 9.59 Å². The van der Waals surface area contributed by atoms with Gasteiger partial charge in [-0.2, -0.15) is 0 Å². The minimum absolute atomic E-state index is 0.00957. The fourth-order valence-electron chi connectivity index (χ4n) is 4.00. The van der Waals surface area contributed by atoms with Crippen molar-refractivity contribution < 1.29 is 4.79 Å². The fraction of sp³-hybridized carbons (Fsp3) is 0.250. The molecule has 3 aromatic rings. The molecule has 4 heteroatoms. The van der Waals surface area contributed by atoms with E-state index in [1.54, 1.807) is 10.6 Å². The van der Waals surface area contributed by atoms with Crippen molar-refractivity contribution in [3.63, 3.8) is 0 Å². The van der Waals surface area contributed by atoms with E-state index in [0.717, 1.165) is 36.2 Å². The maximum Gasteiger partial charge on any atom is 0.260 e. The molecule has 2 aromatic carbocycles. The van der Waals surface area contributed by atoms with E-state index < -0.39 is 0 Å². The molecule has 0 aliphatic carbocycles. The Morgan fingerprint density at radius 1 is 0.929 bits per heavy atom. The summed E-state index contributed by atoms with van der Waals surface area (Å²) in [5.41, 5.74) is 4.40. The highest BCUT2D eigenvalue weighted by molar-refractivity contribution is 6.08. The first kappa shape index (κ1) is 18.2. The number of amides is 1. The van der Waals surface area contributed by atoms with E-state index in [1.165, 1.54) is 5.56 Å². The van der Waals surface area contributed by atoms with Gasteiger partial charge in [0.05, 0.1) is 5.56 Å². The third-order valence-corrected chi connectivity index (χ3v) is 5.47. The zero-order chi connectivity index (χ0) is 19.5. The van der Waals surface area contributed by atoms with Crippen LogP contribution < -0.4 is 10.5 Å². The molecule has 1 aliphatic rings. The second-order valence-corrected chi connectivity index (χ2v) is 7.25. The van der Waals surface area contributed by atoms with Gasteiger partial charge < -0.3 is 9.47 Å². The van der Waals surface area contributed by atoms with Crippen LogP contribution in [0, 0.1) is 6.92 Å². The Labute approximate surface area is 165 Å². The van der Waals surface area contributed by atoms with Crippen LogP contribution in [0.1, 0.15) is 33.6 Å². The summed E-state index contributed by atoms with van der Waals surface area (Å²) in [4.78, 5) is 28.0. The van der Waals surface area contributed by atoms with Crippen LogP contribution in [0.2, 0.25) is 0 Å². The van der Waals surface area contributed by atoms with E-state index in [2.05, 4.69) is 12.1 Å². The Morgan fingerprint density at radius 2 is 1.61 bits per heavy atom. The molecule has 142 valence electrons. The van der Waals surface area contributed by atoms with Gasteiger partial charge in [0.2, 0.25) is 0 Å². The van der Waals surface area contributed by atoms with Crippen molar-refractivity contribution in [3.05, 3.63) is 99.5 Å². The van der Waals surface area contributed by atoms with E-state index in [-0.39, 0.29) is 11.5 Å². The lowest BCUT2D eigenvalue weighted by atomic mass is 10.0. The quantitative estimate of drug-likeness (QED) is 0.695. The first-order valence-corrected chi connectivity index (χ1v) is 9.79. The number of nitrogens with zero attached hydrogens (tertiary/aromatic N) is 2. The van der Waals surface area contributed by atoms with Crippen molar-refractivity contribution in [2.45, 2.75) is 32.7 Å². The number of fused-ring (bicyclic) bond motifs is 1. The Hall–Kier alpha value is -3.14. The van der Waals surface area contributed by atoms with Gasteiger partial charge in [-0.1, -0.05) is 48.5 Å². The molecule has 28 heavy (non-hydrogen) atoms. The topological polar surface area (TPSA) is 42.3 Å². The third kappa shape index (κ3) is 3.50. The van der Waals surface area contributed by atoms with Crippen LogP contribution in [-0.4, -0.2) is 17.0 Å². The summed E-state index contributed by atoms with van der Waals surface area (Å²) >= 11 is 0. The summed E-state index contributed by atoms with van der Waals surface area (Å²) in [5.74, 6) is -0.00957. The Bertz CT molecular complexity index is 1040. The van der Waals surface area contributed by atoms with Crippen LogP contribution in [0.15, 0.2) is 71.5 Å². The van der Waals surface area contributed by atoms with Gasteiger partial charge in [0, 0.05) is 30.5 Å². The number of aromatic nitrogens is 1. The minimum Gasteiger partial charge on any atom is -0.312 e. The lowest BCUT2D eigenvalue weighted by Gasteiger charge is -2.23. The number of para-hydroxylation sites is 1. The number of hydrogen-bond donors (Lipinski definition) is 0. The van der Waals surface area contributed by atoms with Gasteiger partial charge in [0.25, 0.3) is 11.5 Å². The first-order valence-electron chi connectivity index (χ1n) is 9.79. The average molecular weight is 372 g/mol. The van der Waals surface area contributed by atoms with Gasteiger partial charge in [-0.05, 0) is 49.4 Å². The average Bonchev–Trinajstić information content (AvgIpc) is 2.88. The zero-order valence-electron chi connectivity index (χ0n) is 16.1. The molecule has 0 unspecified atom stereocenters.